The second-order valence-corrected chi connectivity index (χ2v) is 8.45. The first kappa shape index (κ1) is 20.8. The van der Waals surface area contributed by atoms with E-state index >= 15 is 0 Å². The van der Waals surface area contributed by atoms with Gasteiger partial charge in [-0.15, -0.1) is 0 Å². The van der Waals surface area contributed by atoms with Crippen LogP contribution < -0.4 is 10.0 Å². The van der Waals surface area contributed by atoms with E-state index in [2.05, 4.69) is 15.2 Å². The molecule has 0 saturated carbocycles. The van der Waals surface area contributed by atoms with Crippen LogP contribution in [0.3, 0.4) is 0 Å². The lowest BCUT2D eigenvalue weighted by Gasteiger charge is -2.12. The predicted molar refractivity (Wildman–Crippen MR) is 111 cm³/mol. The summed E-state index contributed by atoms with van der Waals surface area (Å²) in [6, 6.07) is 15.1. The maximum Gasteiger partial charge on any atom is 0.261 e. The van der Waals surface area contributed by atoms with Crippen LogP contribution in [-0.2, 0) is 10.0 Å². The Hall–Kier alpha value is -2.97. The van der Waals surface area contributed by atoms with Gasteiger partial charge in [-0.1, -0.05) is 42.4 Å². The highest BCUT2D eigenvalue weighted by Crippen LogP contribution is 2.26. The van der Waals surface area contributed by atoms with Crippen molar-refractivity contribution in [3.63, 3.8) is 0 Å². The Bertz CT molecular complexity index is 1090. The minimum atomic E-state index is -3.60. The molecule has 152 valence electrons. The first-order valence-electron chi connectivity index (χ1n) is 9.27. The van der Waals surface area contributed by atoms with Gasteiger partial charge in [-0.05, 0) is 44.5 Å². The monoisotopic (exact) mass is 413 g/mol. The summed E-state index contributed by atoms with van der Waals surface area (Å²) in [5, 5.41) is 6.78. The molecule has 0 bridgehead atoms. The number of carbonyl (C=O) groups is 1. The zero-order valence-corrected chi connectivity index (χ0v) is 17.3. The van der Waals surface area contributed by atoms with E-state index in [9.17, 15) is 13.2 Å². The molecule has 0 spiro atoms. The maximum absolute atomic E-state index is 12.8. The van der Waals surface area contributed by atoms with Crippen molar-refractivity contribution < 1.29 is 17.7 Å². The molecular weight excluding hydrogens is 390 g/mol. The number of amides is 1. The van der Waals surface area contributed by atoms with Crippen LogP contribution in [0.2, 0.25) is 0 Å². The van der Waals surface area contributed by atoms with Crippen LogP contribution in [0.15, 0.2) is 64.0 Å². The zero-order valence-electron chi connectivity index (χ0n) is 16.5. The van der Waals surface area contributed by atoms with Crippen LogP contribution in [0, 0.1) is 6.92 Å². The normalized spacial score (nSPS) is 12.5. The van der Waals surface area contributed by atoms with Gasteiger partial charge in [-0.3, -0.25) is 4.79 Å². The molecule has 0 aliphatic carbocycles. The fourth-order valence-corrected chi connectivity index (χ4v) is 4.09. The lowest BCUT2D eigenvalue weighted by atomic mass is 10.1. The number of nitrogens with zero attached hydrogens (tertiary/aromatic N) is 1. The van der Waals surface area contributed by atoms with E-state index in [1.54, 1.807) is 26.0 Å². The number of hydrogen-bond acceptors (Lipinski definition) is 5. The average Bonchev–Trinajstić information content (AvgIpc) is 3.10. The summed E-state index contributed by atoms with van der Waals surface area (Å²) in [5.41, 5.74) is 2.04. The van der Waals surface area contributed by atoms with E-state index in [0.717, 1.165) is 5.56 Å². The summed E-state index contributed by atoms with van der Waals surface area (Å²) in [4.78, 5) is 13.0. The fraction of sp³-hybridized carbons (Fsp3) is 0.238. The molecule has 0 unspecified atom stereocenters. The first-order chi connectivity index (χ1) is 13.8. The second kappa shape index (κ2) is 8.59. The lowest BCUT2D eigenvalue weighted by Crippen LogP contribution is -2.31. The summed E-state index contributed by atoms with van der Waals surface area (Å²) in [7, 11) is -3.60. The summed E-state index contributed by atoms with van der Waals surface area (Å²) >= 11 is 0. The van der Waals surface area contributed by atoms with Gasteiger partial charge in [0.1, 0.15) is 17.0 Å². The second-order valence-electron chi connectivity index (χ2n) is 6.74. The van der Waals surface area contributed by atoms with Crippen LogP contribution in [-0.4, -0.2) is 25.5 Å². The molecule has 2 N–H and O–H groups in total. The largest absolute Gasteiger partial charge is 0.360 e. The number of carbonyl (C=O) groups excluding carboxylic acids is 1. The van der Waals surface area contributed by atoms with Gasteiger partial charge < -0.3 is 9.84 Å². The Morgan fingerprint density at radius 3 is 2.38 bits per heavy atom. The molecule has 8 heteroatoms. The number of anilines is 1. The van der Waals surface area contributed by atoms with Crippen molar-refractivity contribution in [3.8, 4) is 11.3 Å². The van der Waals surface area contributed by atoms with E-state index in [1.807, 2.05) is 37.3 Å². The zero-order chi connectivity index (χ0) is 21.0. The topological polar surface area (TPSA) is 101 Å². The van der Waals surface area contributed by atoms with Crippen molar-refractivity contribution in [2.75, 3.05) is 5.32 Å². The van der Waals surface area contributed by atoms with E-state index < -0.39 is 10.0 Å². The van der Waals surface area contributed by atoms with Crippen molar-refractivity contribution >= 4 is 21.6 Å². The van der Waals surface area contributed by atoms with E-state index in [4.69, 9.17) is 4.52 Å². The van der Waals surface area contributed by atoms with Crippen LogP contribution in [0.4, 0.5) is 5.69 Å². The van der Waals surface area contributed by atoms with Crippen LogP contribution in [0.1, 0.15) is 36.4 Å². The SMILES string of the molecule is CC[C@@H](C)NS(=O)(=O)c1ccc(NC(=O)c2c(-c3ccccc3)noc2C)cc1. The molecule has 1 amide bonds. The molecule has 2 aromatic carbocycles. The third-order valence-electron chi connectivity index (χ3n) is 4.53. The average molecular weight is 413 g/mol. The van der Waals surface area contributed by atoms with Gasteiger partial charge in [-0.25, -0.2) is 13.1 Å². The van der Waals surface area contributed by atoms with Gasteiger partial charge in [0.2, 0.25) is 10.0 Å². The summed E-state index contributed by atoms with van der Waals surface area (Å²) in [6.45, 7) is 5.38. The maximum atomic E-state index is 12.8. The van der Waals surface area contributed by atoms with Gasteiger partial charge >= 0.3 is 0 Å². The summed E-state index contributed by atoms with van der Waals surface area (Å²) < 4.78 is 32.5. The highest BCUT2D eigenvalue weighted by atomic mass is 32.2. The predicted octanol–water partition coefficient (Wildman–Crippen LogP) is 3.98. The summed E-state index contributed by atoms with van der Waals surface area (Å²) in [6.07, 6.45) is 0.690. The van der Waals surface area contributed by atoms with Crippen molar-refractivity contribution in [2.24, 2.45) is 0 Å². The molecule has 0 radical (unpaired) electrons. The number of benzene rings is 2. The lowest BCUT2D eigenvalue weighted by molar-refractivity contribution is 0.102. The van der Waals surface area contributed by atoms with Crippen molar-refractivity contribution in [1.29, 1.82) is 0 Å². The Labute approximate surface area is 170 Å². The first-order valence-corrected chi connectivity index (χ1v) is 10.8. The van der Waals surface area contributed by atoms with Crippen molar-refractivity contribution in [3.05, 3.63) is 65.9 Å². The fourth-order valence-electron chi connectivity index (χ4n) is 2.76. The summed E-state index contributed by atoms with van der Waals surface area (Å²) in [5.74, 6) is 0.0224. The van der Waals surface area contributed by atoms with Crippen molar-refractivity contribution in [1.82, 2.24) is 9.88 Å². The number of aryl methyl sites for hydroxylation is 1. The molecule has 1 heterocycles. The van der Waals surface area contributed by atoms with E-state index in [-0.39, 0.29) is 16.8 Å². The molecule has 0 fully saturated rings. The van der Waals surface area contributed by atoms with Crippen molar-refractivity contribution in [2.45, 2.75) is 38.1 Å². The Morgan fingerprint density at radius 2 is 1.76 bits per heavy atom. The number of sulfonamides is 1. The Balaban J connectivity index is 1.80. The molecule has 3 rings (SSSR count). The molecule has 3 aromatic rings. The van der Waals surface area contributed by atoms with Gasteiger partial charge in [0.05, 0.1) is 4.90 Å². The standard InChI is InChI=1S/C21H23N3O4S/c1-4-14(2)24-29(26,27)18-12-10-17(11-13-18)22-21(25)19-15(3)28-23-20(19)16-8-6-5-7-9-16/h5-14,24H,4H2,1-3H3,(H,22,25)/t14-/m1/s1. The number of aromatic nitrogens is 1. The molecule has 0 aliphatic heterocycles. The van der Waals surface area contributed by atoms with Crippen LogP contribution >= 0.6 is 0 Å². The quantitative estimate of drug-likeness (QED) is 0.610. The Kier molecular flexibility index (Phi) is 6.14. The molecule has 29 heavy (non-hydrogen) atoms. The Morgan fingerprint density at radius 1 is 1.10 bits per heavy atom. The molecule has 7 nitrogen and oxygen atoms in total. The molecule has 0 aliphatic rings. The third-order valence-corrected chi connectivity index (χ3v) is 6.13. The van der Waals surface area contributed by atoms with Crippen LogP contribution in [0.5, 0.6) is 0 Å². The molecule has 0 saturated heterocycles. The van der Waals surface area contributed by atoms with E-state index in [1.165, 1.54) is 12.1 Å². The minimum absolute atomic E-state index is 0.141. The van der Waals surface area contributed by atoms with Gasteiger partial charge in [0.15, 0.2) is 0 Å². The highest BCUT2D eigenvalue weighted by molar-refractivity contribution is 7.89. The highest BCUT2D eigenvalue weighted by Gasteiger charge is 2.22. The molecule has 1 atom stereocenters. The number of rotatable bonds is 7. The van der Waals surface area contributed by atoms with Gasteiger partial charge in [-0.2, -0.15) is 0 Å². The minimum Gasteiger partial charge on any atom is -0.360 e. The number of hydrogen-bond donors (Lipinski definition) is 2. The molecular formula is C21H23N3O4S. The van der Waals surface area contributed by atoms with Gasteiger partial charge in [0, 0.05) is 17.3 Å². The number of nitrogens with one attached hydrogen (secondary N) is 2. The molecule has 1 aromatic heterocycles. The van der Waals surface area contributed by atoms with Crippen LogP contribution in [0.25, 0.3) is 11.3 Å². The smallest absolute Gasteiger partial charge is 0.261 e. The third kappa shape index (κ3) is 4.72. The van der Waals surface area contributed by atoms with E-state index in [0.29, 0.717) is 29.1 Å². The van der Waals surface area contributed by atoms with Gasteiger partial charge in [0.25, 0.3) is 5.91 Å².